The third kappa shape index (κ3) is 5.26. The molecule has 3 aliphatic rings. The van der Waals surface area contributed by atoms with Gasteiger partial charge in [-0.05, 0) is 37.2 Å². The van der Waals surface area contributed by atoms with E-state index in [1.807, 2.05) is 23.3 Å². The van der Waals surface area contributed by atoms with E-state index in [0.29, 0.717) is 12.3 Å². The van der Waals surface area contributed by atoms with Gasteiger partial charge >= 0.3 is 0 Å². The van der Waals surface area contributed by atoms with Crippen molar-refractivity contribution in [1.29, 1.82) is 0 Å². The molecule has 1 saturated carbocycles. The van der Waals surface area contributed by atoms with E-state index in [1.165, 1.54) is 5.56 Å². The van der Waals surface area contributed by atoms with Crippen LogP contribution in [0.25, 0.3) is 6.08 Å². The van der Waals surface area contributed by atoms with Crippen molar-refractivity contribution < 1.29 is 9.59 Å². The van der Waals surface area contributed by atoms with E-state index in [4.69, 9.17) is 0 Å². The number of hydrogen-bond acceptors (Lipinski definition) is 5. The molecular weight excluding hydrogens is 444 g/mol. The molecule has 0 N–H and O–H groups in total. The zero-order valence-electron chi connectivity index (χ0n) is 20.0. The minimum Gasteiger partial charge on any atom is -0.342 e. The van der Waals surface area contributed by atoms with Gasteiger partial charge in [0.2, 0.25) is 11.8 Å². The second-order valence-electron chi connectivity index (χ2n) is 9.97. The number of rotatable bonds is 6. The van der Waals surface area contributed by atoms with Crippen LogP contribution < -0.4 is 0 Å². The highest BCUT2D eigenvalue weighted by Crippen LogP contribution is 2.60. The molecule has 1 atom stereocenters. The lowest BCUT2D eigenvalue weighted by atomic mass is 9.90. The van der Waals surface area contributed by atoms with Crippen LogP contribution in [-0.2, 0) is 16.0 Å². The van der Waals surface area contributed by atoms with Gasteiger partial charge in [-0.15, -0.1) is 11.3 Å². The number of aryl methyl sites for hydroxylation is 1. The number of hydrogen-bond donors (Lipinski definition) is 0. The number of piperazine rings is 1. The molecule has 1 aromatic carbocycles. The highest BCUT2D eigenvalue weighted by Gasteiger charge is 2.59. The Labute approximate surface area is 206 Å². The second-order valence-corrected chi connectivity index (χ2v) is 11.0. The van der Waals surface area contributed by atoms with Crippen LogP contribution in [0.3, 0.4) is 0 Å². The summed E-state index contributed by atoms with van der Waals surface area (Å²) in [6.45, 7) is 7.95. The lowest BCUT2D eigenvalue weighted by molar-refractivity contribution is -0.135. The van der Waals surface area contributed by atoms with Crippen LogP contribution in [0.1, 0.15) is 35.5 Å². The Bertz CT molecular complexity index is 1030. The van der Waals surface area contributed by atoms with Crippen molar-refractivity contribution in [3.8, 4) is 0 Å². The first kappa shape index (κ1) is 23.2. The summed E-state index contributed by atoms with van der Waals surface area (Å²) in [6, 6.07) is 10.4. The number of carbonyl (C=O) groups excluding carboxylic acids is 2. The van der Waals surface area contributed by atoms with Gasteiger partial charge in [-0.2, -0.15) is 0 Å². The first-order valence-corrected chi connectivity index (χ1v) is 13.3. The maximum Gasteiger partial charge on any atom is 0.228 e. The van der Waals surface area contributed by atoms with Crippen molar-refractivity contribution >= 4 is 29.2 Å². The van der Waals surface area contributed by atoms with Crippen LogP contribution >= 0.6 is 11.3 Å². The lowest BCUT2D eigenvalue weighted by Gasteiger charge is -2.36. The first-order chi connectivity index (χ1) is 16.5. The van der Waals surface area contributed by atoms with E-state index in [1.54, 1.807) is 11.3 Å². The summed E-state index contributed by atoms with van der Waals surface area (Å²) in [6.07, 6.45) is 7.68. The predicted molar refractivity (Wildman–Crippen MR) is 135 cm³/mol. The molecular formula is C27H34N4O2S. The molecule has 5 rings (SSSR count). The van der Waals surface area contributed by atoms with E-state index < -0.39 is 0 Å². The van der Waals surface area contributed by atoms with Crippen LogP contribution in [0, 0.1) is 18.3 Å². The number of thiazole rings is 1. The largest absolute Gasteiger partial charge is 0.342 e. The predicted octanol–water partition coefficient (Wildman–Crippen LogP) is 3.48. The van der Waals surface area contributed by atoms with Gasteiger partial charge in [0.05, 0.1) is 17.1 Å². The Balaban J connectivity index is 1.04. The lowest BCUT2D eigenvalue weighted by Crippen LogP contribution is -2.49. The molecule has 3 fully saturated rings. The van der Waals surface area contributed by atoms with Gasteiger partial charge < -0.3 is 9.80 Å². The fraction of sp³-hybridized carbons (Fsp3) is 0.519. The van der Waals surface area contributed by atoms with Crippen molar-refractivity contribution in [1.82, 2.24) is 19.7 Å². The van der Waals surface area contributed by atoms with Crippen LogP contribution in [0.2, 0.25) is 0 Å². The molecule has 2 saturated heterocycles. The summed E-state index contributed by atoms with van der Waals surface area (Å²) in [4.78, 5) is 36.8. The number of carbonyl (C=O) groups is 2. The summed E-state index contributed by atoms with van der Waals surface area (Å²) in [5, 5.41) is 2.98. The Morgan fingerprint density at radius 3 is 2.47 bits per heavy atom. The molecule has 6 nitrogen and oxygen atoms in total. The van der Waals surface area contributed by atoms with E-state index in [0.717, 1.165) is 75.8 Å². The molecule has 1 aromatic heterocycles. The highest BCUT2D eigenvalue weighted by molar-refractivity contribution is 7.09. The maximum atomic E-state index is 13.2. The zero-order chi connectivity index (χ0) is 23.5. The fourth-order valence-electron chi connectivity index (χ4n) is 5.48. The number of nitrogens with zero attached hydrogens (tertiary/aromatic N) is 4. The van der Waals surface area contributed by atoms with E-state index >= 15 is 0 Å². The van der Waals surface area contributed by atoms with Gasteiger partial charge in [0.1, 0.15) is 0 Å². The summed E-state index contributed by atoms with van der Waals surface area (Å²) in [5.74, 6) is 0.675. The molecule has 2 aromatic rings. The van der Waals surface area contributed by atoms with E-state index in [2.05, 4.69) is 51.2 Å². The van der Waals surface area contributed by atoms with Crippen molar-refractivity contribution in [2.75, 3.05) is 45.8 Å². The average Bonchev–Trinajstić information content (AvgIpc) is 3.40. The second kappa shape index (κ2) is 10.0. The number of likely N-dealkylation sites (tertiary alicyclic amines) is 1. The molecule has 34 heavy (non-hydrogen) atoms. The van der Waals surface area contributed by atoms with Gasteiger partial charge in [0.15, 0.2) is 0 Å². The van der Waals surface area contributed by atoms with Gasteiger partial charge in [-0.25, -0.2) is 4.98 Å². The Kier molecular flexibility index (Phi) is 6.84. The number of aromatic nitrogens is 1. The quantitative estimate of drug-likeness (QED) is 0.638. The maximum absolute atomic E-state index is 13.2. The molecule has 3 heterocycles. The zero-order valence-corrected chi connectivity index (χ0v) is 20.8. The van der Waals surface area contributed by atoms with Crippen molar-refractivity contribution in [3.05, 3.63) is 58.1 Å². The van der Waals surface area contributed by atoms with Crippen molar-refractivity contribution in [3.63, 3.8) is 0 Å². The summed E-state index contributed by atoms with van der Waals surface area (Å²) < 4.78 is 0. The van der Waals surface area contributed by atoms with Crippen LogP contribution in [0.4, 0.5) is 0 Å². The van der Waals surface area contributed by atoms with Gasteiger partial charge in [0, 0.05) is 57.1 Å². The van der Waals surface area contributed by atoms with Crippen molar-refractivity contribution in [2.24, 2.45) is 11.3 Å². The topological polar surface area (TPSA) is 56.8 Å². The van der Waals surface area contributed by atoms with E-state index in [-0.39, 0.29) is 17.2 Å². The molecule has 7 heteroatoms. The summed E-state index contributed by atoms with van der Waals surface area (Å²) in [7, 11) is 0. The number of amides is 2. The molecule has 180 valence electrons. The standard InChI is InChI=1S/C27H34N4O2S/c1-21-28-23(20-34-21)18-25(32)30-12-9-27(10-13-30)19-24(27)26(33)31-16-14-29(15-17-31)11-5-8-22-6-3-2-4-7-22/h2-8,20,24H,9-19H2,1H3/b8-5+/t24-/m1/s1. The monoisotopic (exact) mass is 478 g/mol. The fourth-order valence-corrected chi connectivity index (χ4v) is 6.09. The SMILES string of the molecule is Cc1nc(CC(=O)N2CCC3(CC2)C[C@@H]3C(=O)N2CCN(C/C=C/c3ccccc3)CC2)cs1. The first-order valence-electron chi connectivity index (χ1n) is 12.4. The van der Waals surface area contributed by atoms with Crippen molar-refractivity contribution in [2.45, 2.75) is 32.6 Å². The third-order valence-electron chi connectivity index (χ3n) is 7.76. The highest BCUT2D eigenvalue weighted by atomic mass is 32.1. The summed E-state index contributed by atoms with van der Waals surface area (Å²) in [5.41, 5.74) is 2.24. The van der Waals surface area contributed by atoms with Crippen LogP contribution in [0.5, 0.6) is 0 Å². The summed E-state index contributed by atoms with van der Waals surface area (Å²) >= 11 is 1.59. The van der Waals surface area contributed by atoms with Crippen LogP contribution in [0.15, 0.2) is 41.8 Å². The Morgan fingerprint density at radius 1 is 1.06 bits per heavy atom. The molecule has 1 spiro atoms. The van der Waals surface area contributed by atoms with Gasteiger partial charge in [-0.1, -0.05) is 42.5 Å². The molecule has 2 aliphatic heterocycles. The molecule has 1 aliphatic carbocycles. The van der Waals surface area contributed by atoms with Crippen LogP contribution in [-0.4, -0.2) is 77.3 Å². The number of benzene rings is 1. The molecule has 2 amide bonds. The normalized spacial score (nSPS) is 22.4. The van der Waals surface area contributed by atoms with E-state index in [9.17, 15) is 9.59 Å². The third-order valence-corrected chi connectivity index (χ3v) is 8.58. The minimum atomic E-state index is 0.140. The Hall–Kier alpha value is -2.51. The molecule has 0 unspecified atom stereocenters. The van der Waals surface area contributed by atoms with Gasteiger partial charge in [-0.3, -0.25) is 14.5 Å². The van der Waals surface area contributed by atoms with Gasteiger partial charge in [0.25, 0.3) is 0 Å². The smallest absolute Gasteiger partial charge is 0.228 e. The number of piperidine rings is 1. The molecule has 0 bridgehead atoms. The Morgan fingerprint density at radius 2 is 1.79 bits per heavy atom. The minimum absolute atomic E-state index is 0.140. The average molecular weight is 479 g/mol. The molecule has 0 radical (unpaired) electrons.